The zero-order chi connectivity index (χ0) is 11.4. The van der Waals surface area contributed by atoms with E-state index in [1.54, 1.807) is 6.33 Å². The highest BCUT2D eigenvalue weighted by Gasteiger charge is 2.20. The fourth-order valence-electron chi connectivity index (χ4n) is 1.51. The van der Waals surface area contributed by atoms with Crippen LogP contribution in [-0.4, -0.2) is 33.5 Å². The smallest absolute Gasteiger partial charge is 0.140 e. The Bertz CT molecular complexity index is 320. The van der Waals surface area contributed by atoms with E-state index in [9.17, 15) is 0 Å². The molecule has 1 fully saturated rings. The fourth-order valence-corrected chi connectivity index (χ4v) is 1.51. The second-order valence-corrected chi connectivity index (χ2v) is 4.47. The van der Waals surface area contributed by atoms with Crippen LogP contribution in [0.15, 0.2) is 6.33 Å². The molecule has 1 heterocycles. The third-order valence-corrected chi connectivity index (χ3v) is 2.58. The van der Waals surface area contributed by atoms with E-state index in [0.717, 1.165) is 18.9 Å². The van der Waals surface area contributed by atoms with Crippen LogP contribution in [0.25, 0.3) is 0 Å². The van der Waals surface area contributed by atoms with Gasteiger partial charge in [-0.25, -0.2) is 9.67 Å². The van der Waals surface area contributed by atoms with Crippen LogP contribution in [0.3, 0.4) is 0 Å². The largest absolute Gasteiger partial charge is 0.377 e. The van der Waals surface area contributed by atoms with Crippen LogP contribution in [-0.2, 0) is 17.8 Å². The first-order valence-corrected chi connectivity index (χ1v) is 5.97. The zero-order valence-corrected chi connectivity index (χ0v) is 10.0. The molecule has 1 aromatic heterocycles. The average Bonchev–Trinajstić information content (AvgIpc) is 2.96. The minimum atomic E-state index is 0.275. The van der Waals surface area contributed by atoms with Gasteiger partial charge < -0.3 is 10.1 Å². The minimum absolute atomic E-state index is 0.275. The number of nitrogens with zero attached hydrogens (tertiary/aromatic N) is 3. The molecule has 1 saturated carbocycles. The standard InChI is InChI=1S/C11H20N4O/c1-9(2)16-6-5-15-11(13-8-14-15)7-12-10-3-4-10/h8-10,12H,3-7H2,1-2H3. The third-order valence-electron chi connectivity index (χ3n) is 2.58. The van der Waals surface area contributed by atoms with Gasteiger partial charge in [0.2, 0.25) is 0 Å². The molecule has 0 atom stereocenters. The molecular weight excluding hydrogens is 204 g/mol. The van der Waals surface area contributed by atoms with Crippen molar-refractivity contribution in [3.8, 4) is 0 Å². The van der Waals surface area contributed by atoms with Gasteiger partial charge in [0.15, 0.2) is 0 Å². The minimum Gasteiger partial charge on any atom is -0.377 e. The van der Waals surface area contributed by atoms with Crippen molar-refractivity contribution >= 4 is 0 Å². The van der Waals surface area contributed by atoms with E-state index in [0.29, 0.717) is 12.6 Å². The Balaban J connectivity index is 1.76. The molecule has 0 amide bonds. The first kappa shape index (κ1) is 11.5. The molecule has 0 spiro atoms. The highest BCUT2D eigenvalue weighted by Crippen LogP contribution is 2.18. The lowest BCUT2D eigenvalue weighted by atomic mass is 10.5. The van der Waals surface area contributed by atoms with E-state index in [1.807, 2.05) is 18.5 Å². The van der Waals surface area contributed by atoms with E-state index >= 15 is 0 Å². The Morgan fingerprint density at radius 1 is 1.56 bits per heavy atom. The Morgan fingerprint density at radius 3 is 3.06 bits per heavy atom. The van der Waals surface area contributed by atoms with Crippen molar-refractivity contribution in [2.45, 2.75) is 51.9 Å². The number of nitrogens with one attached hydrogen (secondary N) is 1. The summed E-state index contributed by atoms with van der Waals surface area (Å²) in [5.74, 6) is 0.999. The molecule has 1 aromatic rings. The summed E-state index contributed by atoms with van der Waals surface area (Å²) in [6.45, 7) is 6.36. The van der Waals surface area contributed by atoms with Crippen LogP contribution in [0.2, 0.25) is 0 Å². The van der Waals surface area contributed by atoms with Gasteiger partial charge in [-0.2, -0.15) is 5.10 Å². The summed E-state index contributed by atoms with van der Waals surface area (Å²) in [6.07, 6.45) is 4.48. The van der Waals surface area contributed by atoms with Gasteiger partial charge in [0.1, 0.15) is 12.2 Å². The summed E-state index contributed by atoms with van der Waals surface area (Å²) in [6, 6.07) is 0.706. The SMILES string of the molecule is CC(C)OCCn1ncnc1CNC1CC1. The Labute approximate surface area is 96.2 Å². The quantitative estimate of drug-likeness (QED) is 0.749. The molecule has 1 N–H and O–H groups in total. The maximum atomic E-state index is 5.50. The predicted octanol–water partition coefficient (Wildman–Crippen LogP) is 0.955. The Hall–Kier alpha value is -0.940. The van der Waals surface area contributed by atoms with Crippen molar-refractivity contribution in [1.82, 2.24) is 20.1 Å². The molecule has 90 valence electrons. The van der Waals surface area contributed by atoms with Crippen molar-refractivity contribution in [3.05, 3.63) is 12.2 Å². The molecule has 0 radical (unpaired) electrons. The number of ether oxygens (including phenoxy) is 1. The van der Waals surface area contributed by atoms with Gasteiger partial charge >= 0.3 is 0 Å². The molecule has 0 aromatic carbocycles. The van der Waals surface area contributed by atoms with E-state index < -0.39 is 0 Å². The van der Waals surface area contributed by atoms with Crippen LogP contribution >= 0.6 is 0 Å². The number of hydrogen-bond acceptors (Lipinski definition) is 4. The molecule has 5 nitrogen and oxygen atoms in total. The van der Waals surface area contributed by atoms with E-state index in [4.69, 9.17) is 4.74 Å². The summed E-state index contributed by atoms with van der Waals surface area (Å²) in [7, 11) is 0. The molecule has 0 aliphatic heterocycles. The number of aromatic nitrogens is 3. The average molecular weight is 224 g/mol. The second kappa shape index (κ2) is 5.41. The van der Waals surface area contributed by atoms with Gasteiger partial charge in [0.05, 0.1) is 25.8 Å². The van der Waals surface area contributed by atoms with Gasteiger partial charge in [0.25, 0.3) is 0 Å². The monoisotopic (exact) mass is 224 g/mol. The third kappa shape index (κ3) is 3.57. The van der Waals surface area contributed by atoms with Crippen LogP contribution in [0, 0.1) is 0 Å². The molecule has 0 bridgehead atoms. The topological polar surface area (TPSA) is 52.0 Å². The summed E-state index contributed by atoms with van der Waals surface area (Å²) >= 11 is 0. The molecular formula is C11H20N4O. The highest BCUT2D eigenvalue weighted by atomic mass is 16.5. The van der Waals surface area contributed by atoms with Crippen molar-refractivity contribution in [2.24, 2.45) is 0 Å². The second-order valence-electron chi connectivity index (χ2n) is 4.47. The zero-order valence-electron chi connectivity index (χ0n) is 10.0. The van der Waals surface area contributed by atoms with Crippen molar-refractivity contribution in [2.75, 3.05) is 6.61 Å². The van der Waals surface area contributed by atoms with Crippen LogP contribution < -0.4 is 5.32 Å². The maximum absolute atomic E-state index is 5.50. The van der Waals surface area contributed by atoms with Gasteiger partial charge in [-0.15, -0.1) is 0 Å². The summed E-state index contributed by atoms with van der Waals surface area (Å²) in [4.78, 5) is 4.25. The van der Waals surface area contributed by atoms with Crippen LogP contribution in [0.1, 0.15) is 32.5 Å². The van der Waals surface area contributed by atoms with E-state index in [1.165, 1.54) is 12.8 Å². The van der Waals surface area contributed by atoms with Crippen LogP contribution in [0.5, 0.6) is 0 Å². The van der Waals surface area contributed by atoms with Gasteiger partial charge in [-0.3, -0.25) is 0 Å². The van der Waals surface area contributed by atoms with E-state index in [2.05, 4.69) is 15.4 Å². The van der Waals surface area contributed by atoms with Crippen molar-refractivity contribution in [1.29, 1.82) is 0 Å². The first-order valence-electron chi connectivity index (χ1n) is 5.97. The molecule has 0 saturated heterocycles. The molecule has 1 aliphatic carbocycles. The predicted molar refractivity (Wildman–Crippen MR) is 61.0 cm³/mol. The lowest BCUT2D eigenvalue weighted by Crippen LogP contribution is -2.21. The summed E-state index contributed by atoms with van der Waals surface area (Å²) in [5.41, 5.74) is 0. The first-order chi connectivity index (χ1) is 7.75. The maximum Gasteiger partial charge on any atom is 0.140 e. The number of hydrogen-bond donors (Lipinski definition) is 1. The number of rotatable bonds is 7. The molecule has 1 aliphatic rings. The van der Waals surface area contributed by atoms with Gasteiger partial charge in [0, 0.05) is 6.04 Å². The lowest BCUT2D eigenvalue weighted by Gasteiger charge is -2.09. The van der Waals surface area contributed by atoms with E-state index in [-0.39, 0.29) is 6.10 Å². The normalized spacial score (nSPS) is 15.9. The lowest BCUT2D eigenvalue weighted by molar-refractivity contribution is 0.0704. The molecule has 5 heteroatoms. The van der Waals surface area contributed by atoms with Gasteiger partial charge in [-0.05, 0) is 26.7 Å². The van der Waals surface area contributed by atoms with Gasteiger partial charge in [-0.1, -0.05) is 0 Å². The molecule has 16 heavy (non-hydrogen) atoms. The van der Waals surface area contributed by atoms with Crippen LogP contribution in [0.4, 0.5) is 0 Å². The highest BCUT2D eigenvalue weighted by molar-refractivity contribution is 4.88. The van der Waals surface area contributed by atoms with Crippen molar-refractivity contribution < 1.29 is 4.74 Å². The molecule has 0 unspecified atom stereocenters. The fraction of sp³-hybridized carbons (Fsp3) is 0.818. The molecule has 2 rings (SSSR count). The summed E-state index contributed by atoms with van der Waals surface area (Å²) < 4.78 is 7.41. The van der Waals surface area contributed by atoms with Crippen molar-refractivity contribution in [3.63, 3.8) is 0 Å². The Morgan fingerprint density at radius 2 is 2.38 bits per heavy atom. The summed E-state index contributed by atoms with van der Waals surface area (Å²) in [5, 5.41) is 7.63. The Kier molecular flexibility index (Phi) is 3.90.